The molecule has 0 radical (unpaired) electrons. The first-order chi connectivity index (χ1) is 7.22. The molecule has 1 saturated carbocycles. The molecular weight excluding hydrogens is 206 g/mol. The Morgan fingerprint density at radius 1 is 1.47 bits per heavy atom. The summed E-state index contributed by atoms with van der Waals surface area (Å²) in [5, 5.41) is 9.90. The molecule has 15 heavy (non-hydrogen) atoms. The molecule has 2 rings (SSSR count). The van der Waals surface area contributed by atoms with Crippen LogP contribution in [0.15, 0.2) is 23.1 Å². The van der Waals surface area contributed by atoms with E-state index >= 15 is 0 Å². The van der Waals surface area contributed by atoms with Crippen molar-refractivity contribution in [2.24, 2.45) is 5.73 Å². The minimum Gasteiger partial charge on any atom is -0.508 e. The van der Waals surface area contributed by atoms with E-state index in [1.165, 1.54) is 11.3 Å². The van der Waals surface area contributed by atoms with Gasteiger partial charge in [-0.2, -0.15) is 0 Å². The molecule has 0 heterocycles. The number of hydrogen-bond donors (Lipinski definition) is 2. The molecule has 0 bridgehead atoms. The molecular formula is C12H17NOS. The summed E-state index contributed by atoms with van der Waals surface area (Å²) < 4.78 is 0. The van der Waals surface area contributed by atoms with Crippen LogP contribution < -0.4 is 5.73 Å². The molecule has 0 unspecified atom stereocenters. The van der Waals surface area contributed by atoms with Crippen LogP contribution in [0.2, 0.25) is 0 Å². The lowest BCUT2D eigenvalue weighted by molar-refractivity contribution is 0.244. The SMILES string of the molecule is CSc1ccc(O)c(C2(CN)CCC2)c1. The highest BCUT2D eigenvalue weighted by atomic mass is 32.2. The van der Waals surface area contributed by atoms with Gasteiger partial charge in [0.1, 0.15) is 5.75 Å². The Hall–Kier alpha value is -0.670. The van der Waals surface area contributed by atoms with Gasteiger partial charge in [-0.1, -0.05) is 6.42 Å². The second-order valence-corrected chi connectivity index (χ2v) is 5.10. The summed E-state index contributed by atoms with van der Waals surface area (Å²) >= 11 is 1.70. The number of benzene rings is 1. The second kappa shape index (κ2) is 4.06. The molecule has 1 aliphatic rings. The van der Waals surface area contributed by atoms with Gasteiger partial charge in [0.05, 0.1) is 0 Å². The van der Waals surface area contributed by atoms with Crippen molar-refractivity contribution < 1.29 is 5.11 Å². The third-order valence-corrected chi connectivity index (χ3v) is 4.20. The monoisotopic (exact) mass is 223 g/mol. The molecule has 0 saturated heterocycles. The van der Waals surface area contributed by atoms with E-state index < -0.39 is 0 Å². The summed E-state index contributed by atoms with van der Waals surface area (Å²) in [6.07, 6.45) is 5.48. The van der Waals surface area contributed by atoms with E-state index in [2.05, 4.69) is 6.07 Å². The molecule has 0 atom stereocenters. The average Bonchev–Trinajstić information content (AvgIpc) is 2.20. The van der Waals surface area contributed by atoms with Gasteiger partial charge in [0.25, 0.3) is 0 Å². The predicted octanol–water partition coefficient (Wildman–Crippen LogP) is 2.49. The van der Waals surface area contributed by atoms with Crippen LogP contribution >= 0.6 is 11.8 Å². The predicted molar refractivity (Wildman–Crippen MR) is 64.5 cm³/mol. The Kier molecular flexibility index (Phi) is 2.94. The highest BCUT2D eigenvalue weighted by Crippen LogP contribution is 2.46. The van der Waals surface area contributed by atoms with E-state index in [1.807, 2.05) is 12.3 Å². The topological polar surface area (TPSA) is 46.2 Å². The Bertz CT molecular complexity index is 355. The molecule has 3 heteroatoms. The maximum Gasteiger partial charge on any atom is 0.119 e. The van der Waals surface area contributed by atoms with Gasteiger partial charge in [0, 0.05) is 22.4 Å². The zero-order valence-electron chi connectivity index (χ0n) is 8.99. The fraction of sp³-hybridized carbons (Fsp3) is 0.500. The molecule has 82 valence electrons. The van der Waals surface area contributed by atoms with Crippen molar-refractivity contribution in [1.29, 1.82) is 0 Å². The number of phenolic OH excluding ortho intramolecular Hbond substituents is 1. The van der Waals surface area contributed by atoms with E-state index in [1.54, 1.807) is 17.8 Å². The zero-order chi connectivity index (χ0) is 10.9. The van der Waals surface area contributed by atoms with Crippen molar-refractivity contribution in [1.82, 2.24) is 0 Å². The van der Waals surface area contributed by atoms with Gasteiger partial charge < -0.3 is 10.8 Å². The number of rotatable bonds is 3. The van der Waals surface area contributed by atoms with E-state index in [0.29, 0.717) is 12.3 Å². The van der Waals surface area contributed by atoms with E-state index in [0.717, 1.165) is 18.4 Å². The molecule has 1 fully saturated rings. The molecule has 1 aromatic carbocycles. The first kappa shape index (κ1) is 10.8. The van der Waals surface area contributed by atoms with Gasteiger partial charge in [-0.25, -0.2) is 0 Å². The molecule has 1 aliphatic carbocycles. The Morgan fingerprint density at radius 2 is 2.20 bits per heavy atom. The first-order valence-electron chi connectivity index (χ1n) is 5.29. The minimum atomic E-state index is 0.0514. The fourth-order valence-electron chi connectivity index (χ4n) is 2.25. The minimum absolute atomic E-state index is 0.0514. The number of hydrogen-bond acceptors (Lipinski definition) is 3. The second-order valence-electron chi connectivity index (χ2n) is 4.22. The number of phenols is 1. The van der Waals surface area contributed by atoms with Crippen molar-refractivity contribution in [3.05, 3.63) is 23.8 Å². The Labute approximate surface area is 94.9 Å². The third kappa shape index (κ3) is 1.74. The van der Waals surface area contributed by atoms with Gasteiger partial charge in [-0.15, -0.1) is 11.8 Å². The Balaban J connectivity index is 2.41. The van der Waals surface area contributed by atoms with Crippen molar-refractivity contribution in [2.75, 3.05) is 12.8 Å². The van der Waals surface area contributed by atoms with Crippen LogP contribution in [-0.2, 0) is 5.41 Å². The van der Waals surface area contributed by atoms with Crippen LogP contribution in [-0.4, -0.2) is 17.9 Å². The Morgan fingerprint density at radius 3 is 2.67 bits per heavy atom. The maximum atomic E-state index is 9.90. The summed E-state index contributed by atoms with van der Waals surface area (Å²) in [5.41, 5.74) is 6.94. The standard InChI is InChI=1S/C12H17NOS/c1-15-9-3-4-11(14)10(7-9)12(8-13)5-2-6-12/h3-4,7,14H,2,5-6,8,13H2,1H3. The van der Waals surface area contributed by atoms with Gasteiger partial charge in [-0.05, 0) is 37.3 Å². The molecule has 3 N–H and O–H groups in total. The van der Waals surface area contributed by atoms with Crippen molar-refractivity contribution in [3.8, 4) is 5.75 Å². The van der Waals surface area contributed by atoms with Crippen molar-refractivity contribution >= 4 is 11.8 Å². The van der Waals surface area contributed by atoms with E-state index in [9.17, 15) is 5.11 Å². The molecule has 0 spiro atoms. The van der Waals surface area contributed by atoms with Gasteiger partial charge in [0.2, 0.25) is 0 Å². The van der Waals surface area contributed by atoms with Crippen molar-refractivity contribution in [3.63, 3.8) is 0 Å². The normalized spacial score (nSPS) is 18.5. The zero-order valence-corrected chi connectivity index (χ0v) is 9.81. The third-order valence-electron chi connectivity index (χ3n) is 3.48. The molecule has 0 amide bonds. The molecule has 0 aromatic heterocycles. The first-order valence-corrected chi connectivity index (χ1v) is 6.52. The van der Waals surface area contributed by atoms with Crippen LogP contribution in [0.3, 0.4) is 0 Å². The lowest BCUT2D eigenvalue weighted by atomic mass is 9.64. The highest BCUT2D eigenvalue weighted by Gasteiger charge is 2.39. The summed E-state index contributed by atoms with van der Waals surface area (Å²) in [5.74, 6) is 0.401. The largest absolute Gasteiger partial charge is 0.508 e. The highest BCUT2D eigenvalue weighted by molar-refractivity contribution is 7.98. The van der Waals surface area contributed by atoms with E-state index in [-0.39, 0.29) is 5.41 Å². The van der Waals surface area contributed by atoms with Crippen LogP contribution in [0.1, 0.15) is 24.8 Å². The lowest BCUT2D eigenvalue weighted by Gasteiger charge is -2.41. The number of thioether (sulfide) groups is 1. The molecule has 0 aliphatic heterocycles. The summed E-state index contributed by atoms with van der Waals surface area (Å²) in [7, 11) is 0. The van der Waals surface area contributed by atoms with Crippen molar-refractivity contribution in [2.45, 2.75) is 29.6 Å². The average molecular weight is 223 g/mol. The van der Waals surface area contributed by atoms with Gasteiger partial charge in [-0.3, -0.25) is 0 Å². The smallest absolute Gasteiger partial charge is 0.119 e. The van der Waals surface area contributed by atoms with Gasteiger partial charge >= 0.3 is 0 Å². The number of nitrogens with two attached hydrogens (primary N) is 1. The summed E-state index contributed by atoms with van der Waals surface area (Å²) in [6, 6.07) is 5.83. The fourth-order valence-corrected chi connectivity index (χ4v) is 2.69. The molecule has 2 nitrogen and oxygen atoms in total. The van der Waals surface area contributed by atoms with Crippen LogP contribution in [0.4, 0.5) is 0 Å². The quantitative estimate of drug-likeness (QED) is 0.774. The molecule has 1 aromatic rings. The van der Waals surface area contributed by atoms with Crippen LogP contribution in [0.25, 0.3) is 0 Å². The van der Waals surface area contributed by atoms with Gasteiger partial charge in [0.15, 0.2) is 0 Å². The summed E-state index contributed by atoms with van der Waals surface area (Å²) in [4.78, 5) is 1.20. The summed E-state index contributed by atoms with van der Waals surface area (Å²) in [6.45, 7) is 0.637. The number of aromatic hydroxyl groups is 1. The lowest BCUT2D eigenvalue weighted by Crippen LogP contribution is -2.41. The maximum absolute atomic E-state index is 9.90. The van der Waals surface area contributed by atoms with E-state index in [4.69, 9.17) is 5.73 Å². The van der Waals surface area contributed by atoms with Crippen LogP contribution in [0.5, 0.6) is 5.75 Å². The van der Waals surface area contributed by atoms with Crippen LogP contribution in [0, 0.1) is 0 Å².